The van der Waals surface area contributed by atoms with Crippen LogP contribution in [0, 0.1) is 6.92 Å². The quantitative estimate of drug-likeness (QED) is 0.789. The number of anilines is 1. The molecule has 20 heavy (non-hydrogen) atoms. The Hall–Kier alpha value is -1.75. The van der Waals surface area contributed by atoms with Gasteiger partial charge in [-0.05, 0) is 37.3 Å². The monoisotopic (exact) mass is 295 g/mol. The Morgan fingerprint density at radius 1 is 1.15 bits per heavy atom. The SMILES string of the molecule is Cc1ccc(O)c(CNc2ccc(SC(F)F)cc2)c1. The highest BCUT2D eigenvalue weighted by Gasteiger charge is 2.05. The van der Waals surface area contributed by atoms with E-state index in [1.807, 2.05) is 19.1 Å². The largest absolute Gasteiger partial charge is 0.508 e. The van der Waals surface area contributed by atoms with Gasteiger partial charge in [-0.3, -0.25) is 0 Å². The summed E-state index contributed by atoms with van der Waals surface area (Å²) in [5.74, 6) is -2.16. The summed E-state index contributed by atoms with van der Waals surface area (Å²) in [5, 5.41) is 12.9. The molecule has 0 heterocycles. The van der Waals surface area contributed by atoms with Crippen molar-refractivity contribution in [3.8, 4) is 5.75 Å². The molecule has 0 aliphatic heterocycles. The number of alkyl halides is 2. The third-order valence-electron chi connectivity index (χ3n) is 2.80. The predicted octanol–water partition coefficient (Wildman–Crippen LogP) is 4.63. The molecule has 0 bridgehead atoms. The first-order valence-corrected chi connectivity index (χ1v) is 7.00. The van der Waals surface area contributed by atoms with Crippen LogP contribution in [0.4, 0.5) is 14.5 Å². The summed E-state index contributed by atoms with van der Waals surface area (Å²) in [6, 6.07) is 12.2. The normalized spacial score (nSPS) is 10.8. The molecule has 0 fully saturated rings. The number of aromatic hydroxyl groups is 1. The zero-order chi connectivity index (χ0) is 14.5. The first-order valence-electron chi connectivity index (χ1n) is 6.12. The van der Waals surface area contributed by atoms with Gasteiger partial charge in [-0.1, -0.05) is 29.5 Å². The average Bonchev–Trinajstić information content (AvgIpc) is 2.41. The van der Waals surface area contributed by atoms with E-state index < -0.39 is 5.76 Å². The average molecular weight is 295 g/mol. The Morgan fingerprint density at radius 3 is 2.50 bits per heavy atom. The van der Waals surface area contributed by atoms with Crippen LogP contribution in [0.1, 0.15) is 11.1 Å². The van der Waals surface area contributed by atoms with Crippen molar-refractivity contribution < 1.29 is 13.9 Å². The topological polar surface area (TPSA) is 32.3 Å². The number of aryl methyl sites for hydroxylation is 1. The fourth-order valence-corrected chi connectivity index (χ4v) is 2.31. The van der Waals surface area contributed by atoms with Crippen LogP contribution in [0.15, 0.2) is 47.4 Å². The molecule has 2 N–H and O–H groups in total. The van der Waals surface area contributed by atoms with E-state index in [1.165, 1.54) is 0 Å². The second-order valence-electron chi connectivity index (χ2n) is 4.39. The van der Waals surface area contributed by atoms with Crippen LogP contribution in [0.25, 0.3) is 0 Å². The lowest BCUT2D eigenvalue weighted by Gasteiger charge is -2.09. The Labute approximate surface area is 120 Å². The summed E-state index contributed by atoms with van der Waals surface area (Å²) in [7, 11) is 0. The summed E-state index contributed by atoms with van der Waals surface area (Å²) in [6.45, 7) is 2.44. The van der Waals surface area contributed by atoms with Crippen molar-refractivity contribution in [1.82, 2.24) is 0 Å². The highest BCUT2D eigenvalue weighted by Crippen LogP contribution is 2.26. The van der Waals surface area contributed by atoms with Crippen molar-refractivity contribution in [2.45, 2.75) is 24.1 Å². The molecular formula is C15H15F2NOS. The number of halogens is 2. The number of nitrogens with one attached hydrogen (secondary N) is 1. The molecule has 106 valence electrons. The maximum atomic E-state index is 12.2. The molecule has 0 saturated heterocycles. The van der Waals surface area contributed by atoms with Gasteiger partial charge in [-0.15, -0.1) is 0 Å². The third-order valence-corrected chi connectivity index (χ3v) is 3.52. The Kier molecular flexibility index (Phi) is 4.84. The maximum absolute atomic E-state index is 12.2. The van der Waals surface area contributed by atoms with Crippen LogP contribution in [0.3, 0.4) is 0 Å². The first-order chi connectivity index (χ1) is 9.54. The molecule has 2 aromatic rings. The summed E-state index contributed by atoms with van der Waals surface area (Å²) in [4.78, 5) is 0.531. The fourth-order valence-electron chi connectivity index (χ4n) is 1.81. The number of phenols is 1. The molecule has 0 spiro atoms. The van der Waals surface area contributed by atoms with Gasteiger partial charge in [0.15, 0.2) is 0 Å². The Balaban J connectivity index is 1.98. The number of thioether (sulfide) groups is 1. The zero-order valence-corrected chi connectivity index (χ0v) is 11.8. The van der Waals surface area contributed by atoms with Crippen LogP contribution in [0.5, 0.6) is 5.75 Å². The van der Waals surface area contributed by atoms with Gasteiger partial charge in [-0.2, -0.15) is 8.78 Å². The van der Waals surface area contributed by atoms with Crippen molar-refractivity contribution in [3.63, 3.8) is 0 Å². The highest BCUT2D eigenvalue weighted by molar-refractivity contribution is 7.99. The molecule has 2 aromatic carbocycles. The molecule has 0 aromatic heterocycles. The van der Waals surface area contributed by atoms with E-state index in [2.05, 4.69) is 5.32 Å². The van der Waals surface area contributed by atoms with Crippen LogP contribution >= 0.6 is 11.8 Å². The third kappa shape index (κ3) is 4.13. The van der Waals surface area contributed by atoms with E-state index in [0.29, 0.717) is 23.2 Å². The molecule has 0 saturated carbocycles. The summed E-state index contributed by atoms with van der Waals surface area (Å²) >= 11 is 0.525. The lowest BCUT2D eigenvalue weighted by molar-refractivity contribution is 0.252. The van der Waals surface area contributed by atoms with E-state index in [9.17, 15) is 13.9 Å². The van der Waals surface area contributed by atoms with Crippen LogP contribution in [-0.4, -0.2) is 10.9 Å². The van der Waals surface area contributed by atoms with E-state index >= 15 is 0 Å². The standard InChI is InChI=1S/C15H15F2NOS/c1-10-2-7-14(19)11(8-10)9-18-12-3-5-13(6-4-12)20-15(16)17/h2-8,15,18-19H,9H2,1H3. The minimum absolute atomic E-state index is 0.243. The van der Waals surface area contributed by atoms with Crippen molar-refractivity contribution in [3.05, 3.63) is 53.6 Å². The Bertz CT molecular complexity index is 573. The number of hydrogen-bond donors (Lipinski definition) is 2. The zero-order valence-electron chi connectivity index (χ0n) is 10.9. The van der Waals surface area contributed by atoms with Crippen LogP contribution < -0.4 is 5.32 Å². The second-order valence-corrected chi connectivity index (χ2v) is 5.45. The summed E-state index contributed by atoms with van der Waals surface area (Å²) in [6.07, 6.45) is 0. The van der Waals surface area contributed by atoms with E-state index in [1.54, 1.807) is 30.3 Å². The number of hydrogen-bond acceptors (Lipinski definition) is 3. The molecule has 0 aliphatic rings. The summed E-state index contributed by atoms with van der Waals surface area (Å²) < 4.78 is 24.4. The summed E-state index contributed by atoms with van der Waals surface area (Å²) in [5.41, 5.74) is 2.70. The second kappa shape index (κ2) is 6.61. The van der Waals surface area contributed by atoms with Gasteiger partial charge in [0.2, 0.25) is 0 Å². The lowest BCUT2D eigenvalue weighted by Crippen LogP contribution is -2.00. The number of rotatable bonds is 5. The minimum Gasteiger partial charge on any atom is -0.508 e. The van der Waals surface area contributed by atoms with Gasteiger partial charge < -0.3 is 10.4 Å². The van der Waals surface area contributed by atoms with Crippen molar-refractivity contribution in [2.24, 2.45) is 0 Å². The number of benzene rings is 2. The van der Waals surface area contributed by atoms with E-state index in [-0.39, 0.29) is 5.75 Å². The Morgan fingerprint density at radius 2 is 1.85 bits per heavy atom. The van der Waals surface area contributed by atoms with Crippen molar-refractivity contribution in [2.75, 3.05) is 5.32 Å². The molecule has 0 amide bonds. The van der Waals surface area contributed by atoms with E-state index in [4.69, 9.17) is 0 Å². The predicted molar refractivity (Wildman–Crippen MR) is 78.5 cm³/mol. The molecule has 5 heteroatoms. The molecule has 2 nitrogen and oxygen atoms in total. The maximum Gasteiger partial charge on any atom is 0.288 e. The molecule has 0 radical (unpaired) electrons. The van der Waals surface area contributed by atoms with Gasteiger partial charge in [0.25, 0.3) is 5.76 Å². The molecule has 0 unspecified atom stereocenters. The van der Waals surface area contributed by atoms with Crippen molar-refractivity contribution >= 4 is 17.4 Å². The van der Waals surface area contributed by atoms with E-state index in [0.717, 1.165) is 16.8 Å². The molecular weight excluding hydrogens is 280 g/mol. The fraction of sp³-hybridized carbons (Fsp3) is 0.200. The molecule has 2 rings (SSSR count). The number of phenolic OH excluding ortho intramolecular Hbond substituents is 1. The molecule has 0 aliphatic carbocycles. The van der Waals surface area contributed by atoms with Gasteiger partial charge in [0.1, 0.15) is 5.75 Å². The van der Waals surface area contributed by atoms with Crippen LogP contribution in [-0.2, 0) is 6.54 Å². The van der Waals surface area contributed by atoms with Crippen molar-refractivity contribution in [1.29, 1.82) is 0 Å². The van der Waals surface area contributed by atoms with Gasteiger partial charge in [0.05, 0.1) is 0 Å². The van der Waals surface area contributed by atoms with Crippen LogP contribution in [0.2, 0.25) is 0 Å². The van der Waals surface area contributed by atoms with Gasteiger partial charge >= 0.3 is 0 Å². The first kappa shape index (κ1) is 14.7. The minimum atomic E-state index is -2.40. The highest BCUT2D eigenvalue weighted by atomic mass is 32.2. The lowest BCUT2D eigenvalue weighted by atomic mass is 10.1. The van der Waals surface area contributed by atoms with Gasteiger partial charge in [0, 0.05) is 22.7 Å². The van der Waals surface area contributed by atoms with Gasteiger partial charge in [-0.25, -0.2) is 0 Å². The smallest absolute Gasteiger partial charge is 0.288 e. The molecule has 0 atom stereocenters.